The number of hydrogen-bond acceptors (Lipinski definition) is 4. The van der Waals surface area contributed by atoms with Crippen molar-refractivity contribution >= 4 is 12.1 Å². The lowest BCUT2D eigenvalue weighted by atomic mass is 9.97. The van der Waals surface area contributed by atoms with E-state index in [1.807, 2.05) is 18.2 Å². The normalized spacial score (nSPS) is 10.7. The van der Waals surface area contributed by atoms with E-state index >= 15 is 0 Å². The maximum atomic E-state index is 11.1. The van der Waals surface area contributed by atoms with Crippen LogP contribution < -0.4 is 10.5 Å². The average Bonchev–Trinajstić information content (AvgIpc) is 2.78. The monoisotopic (exact) mass is 259 g/mol. The second-order valence-corrected chi connectivity index (χ2v) is 4.63. The minimum Gasteiger partial charge on any atom is -0.496 e. The SMILES string of the molecule is COc1ccc(C(C)C)cc1-c1[nH]nc(N)c1C=O. The first kappa shape index (κ1) is 13.1. The highest BCUT2D eigenvalue weighted by molar-refractivity contribution is 5.92. The molecule has 1 aromatic carbocycles. The molecule has 2 rings (SSSR count). The number of nitrogen functional groups attached to an aromatic ring is 1. The third kappa shape index (κ3) is 2.31. The molecule has 0 aliphatic heterocycles. The first-order chi connectivity index (χ1) is 9.08. The van der Waals surface area contributed by atoms with Gasteiger partial charge in [-0.3, -0.25) is 9.89 Å². The molecule has 0 unspecified atom stereocenters. The molecule has 0 saturated heterocycles. The predicted molar refractivity (Wildman–Crippen MR) is 74.5 cm³/mol. The number of carbonyl (C=O) groups is 1. The number of nitrogens with two attached hydrogens (primary N) is 1. The Hall–Kier alpha value is -2.30. The summed E-state index contributed by atoms with van der Waals surface area (Å²) in [6.45, 7) is 4.21. The fourth-order valence-corrected chi connectivity index (χ4v) is 1.97. The first-order valence-electron chi connectivity index (χ1n) is 6.05. The summed E-state index contributed by atoms with van der Waals surface area (Å²) in [6.07, 6.45) is 0.704. The van der Waals surface area contributed by atoms with Gasteiger partial charge < -0.3 is 10.5 Å². The molecule has 1 aromatic heterocycles. The third-order valence-electron chi connectivity index (χ3n) is 3.11. The van der Waals surface area contributed by atoms with Gasteiger partial charge in [0.05, 0.1) is 18.4 Å². The molecule has 3 N–H and O–H groups in total. The van der Waals surface area contributed by atoms with Crippen molar-refractivity contribution in [1.82, 2.24) is 10.2 Å². The molecule has 0 bridgehead atoms. The van der Waals surface area contributed by atoms with E-state index in [2.05, 4.69) is 24.0 Å². The number of nitrogens with zero attached hydrogens (tertiary/aromatic N) is 1. The number of methoxy groups -OCH3 is 1. The van der Waals surface area contributed by atoms with E-state index in [-0.39, 0.29) is 5.82 Å². The van der Waals surface area contributed by atoms with Crippen molar-refractivity contribution < 1.29 is 9.53 Å². The van der Waals surface area contributed by atoms with Crippen LogP contribution in [0.2, 0.25) is 0 Å². The quantitative estimate of drug-likeness (QED) is 0.827. The molecule has 2 aromatic rings. The van der Waals surface area contributed by atoms with Gasteiger partial charge in [0.2, 0.25) is 0 Å². The summed E-state index contributed by atoms with van der Waals surface area (Å²) in [5.41, 5.74) is 8.56. The van der Waals surface area contributed by atoms with E-state index in [4.69, 9.17) is 10.5 Å². The third-order valence-corrected chi connectivity index (χ3v) is 3.11. The van der Waals surface area contributed by atoms with Crippen LogP contribution in [0.4, 0.5) is 5.82 Å². The molecule has 0 saturated carbocycles. The molecule has 0 aliphatic carbocycles. The van der Waals surface area contributed by atoms with Crippen LogP contribution in [0.25, 0.3) is 11.3 Å². The number of H-pyrrole nitrogens is 1. The van der Waals surface area contributed by atoms with Gasteiger partial charge in [-0.2, -0.15) is 5.10 Å². The number of carbonyl (C=O) groups excluding carboxylic acids is 1. The zero-order chi connectivity index (χ0) is 14.0. The number of anilines is 1. The number of aromatic amines is 1. The number of aldehydes is 1. The summed E-state index contributed by atoms with van der Waals surface area (Å²) < 4.78 is 5.34. The summed E-state index contributed by atoms with van der Waals surface area (Å²) in [7, 11) is 1.59. The van der Waals surface area contributed by atoms with Crippen LogP contribution >= 0.6 is 0 Å². The van der Waals surface area contributed by atoms with Crippen LogP contribution in [0, 0.1) is 0 Å². The number of rotatable bonds is 4. The van der Waals surface area contributed by atoms with Gasteiger partial charge in [-0.05, 0) is 23.6 Å². The van der Waals surface area contributed by atoms with Crippen LogP contribution in [0.5, 0.6) is 5.75 Å². The smallest absolute Gasteiger partial charge is 0.156 e. The number of aromatic nitrogens is 2. The number of ether oxygens (including phenoxy) is 1. The van der Waals surface area contributed by atoms with Gasteiger partial charge in [0.1, 0.15) is 5.75 Å². The minimum atomic E-state index is 0.196. The van der Waals surface area contributed by atoms with Gasteiger partial charge in [0, 0.05) is 5.56 Å². The van der Waals surface area contributed by atoms with Crippen molar-refractivity contribution in [2.45, 2.75) is 19.8 Å². The van der Waals surface area contributed by atoms with E-state index in [1.165, 1.54) is 0 Å². The zero-order valence-corrected chi connectivity index (χ0v) is 11.2. The minimum absolute atomic E-state index is 0.196. The van der Waals surface area contributed by atoms with E-state index in [0.717, 1.165) is 11.1 Å². The molecule has 0 atom stereocenters. The summed E-state index contributed by atoms with van der Waals surface area (Å²) in [4.78, 5) is 11.1. The number of nitrogens with one attached hydrogen (secondary N) is 1. The van der Waals surface area contributed by atoms with E-state index < -0.39 is 0 Å². The molecule has 5 nitrogen and oxygen atoms in total. The molecule has 19 heavy (non-hydrogen) atoms. The van der Waals surface area contributed by atoms with Crippen molar-refractivity contribution in [3.8, 4) is 17.0 Å². The maximum absolute atomic E-state index is 11.1. The summed E-state index contributed by atoms with van der Waals surface area (Å²) in [5, 5.41) is 6.68. The van der Waals surface area contributed by atoms with Crippen LogP contribution in [0.1, 0.15) is 35.7 Å². The topological polar surface area (TPSA) is 81.0 Å². The highest BCUT2D eigenvalue weighted by Crippen LogP contribution is 2.34. The predicted octanol–water partition coefficient (Wildman–Crippen LogP) is 2.60. The average molecular weight is 259 g/mol. The standard InChI is InChI=1S/C14H17N3O2/c1-8(2)9-4-5-12(19-3)10(6-9)13-11(7-18)14(15)17-16-13/h4-8H,1-3H3,(H3,15,16,17). The Balaban J connectivity index is 2.64. The van der Waals surface area contributed by atoms with E-state index in [1.54, 1.807) is 7.11 Å². The first-order valence-corrected chi connectivity index (χ1v) is 6.05. The van der Waals surface area contributed by atoms with E-state index in [0.29, 0.717) is 29.2 Å². The molecule has 5 heteroatoms. The molecule has 0 aliphatic rings. The maximum Gasteiger partial charge on any atom is 0.156 e. The molecule has 0 fully saturated rings. The number of hydrogen-bond donors (Lipinski definition) is 2. The van der Waals surface area contributed by atoms with Crippen molar-refractivity contribution in [2.24, 2.45) is 0 Å². The van der Waals surface area contributed by atoms with Crippen LogP contribution in [0.3, 0.4) is 0 Å². The molecular weight excluding hydrogens is 242 g/mol. The molecule has 0 amide bonds. The fraction of sp³-hybridized carbons (Fsp3) is 0.286. The van der Waals surface area contributed by atoms with E-state index in [9.17, 15) is 4.79 Å². The van der Waals surface area contributed by atoms with Crippen LogP contribution in [-0.2, 0) is 0 Å². The Kier molecular flexibility index (Phi) is 3.55. The second-order valence-electron chi connectivity index (χ2n) is 4.63. The lowest BCUT2D eigenvalue weighted by molar-refractivity contribution is 0.112. The summed E-state index contributed by atoms with van der Waals surface area (Å²) >= 11 is 0. The Morgan fingerprint density at radius 3 is 2.74 bits per heavy atom. The highest BCUT2D eigenvalue weighted by atomic mass is 16.5. The highest BCUT2D eigenvalue weighted by Gasteiger charge is 2.16. The Bertz CT molecular complexity index is 603. The Morgan fingerprint density at radius 2 is 2.16 bits per heavy atom. The van der Waals surface area contributed by atoms with Crippen molar-refractivity contribution in [1.29, 1.82) is 0 Å². The molecule has 100 valence electrons. The van der Waals surface area contributed by atoms with Gasteiger partial charge in [-0.25, -0.2) is 0 Å². The van der Waals surface area contributed by atoms with Gasteiger partial charge in [0.15, 0.2) is 12.1 Å². The lowest BCUT2D eigenvalue weighted by Gasteiger charge is -2.12. The van der Waals surface area contributed by atoms with Crippen molar-refractivity contribution in [2.75, 3.05) is 12.8 Å². The summed E-state index contributed by atoms with van der Waals surface area (Å²) in [5.74, 6) is 1.25. The molecule has 0 spiro atoms. The Morgan fingerprint density at radius 1 is 1.42 bits per heavy atom. The molecular formula is C14H17N3O2. The second kappa shape index (κ2) is 5.14. The summed E-state index contributed by atoms with van der Waals surface area (Å²) in [6, 6.07) is 5.88. The van der Waals surface area contributed by atoms with Crippen molar-refractivity contribution in [3.05, 3.63) is 29.3 Å². The fourth-order valence-electron chi connectivity index (χ4n) is 1.97. The van der Waals surface area contributed by atoms with Crippen LogP contribution in [0.15, 0.2) is 18.2 Å². The van der Waals surface area contributed by atoms with Gasteiger partial charge in [0.25, 0.3) is 0 Å². The molecule has 1 heterocycles. The lowest BCUT2D eigenvalue weighted by Crippen LogP contribution is -1.95. The number of benzene rings is 1. The zero-order valence-electron chi connectivity index (χ0n) is 11.2. The van der Waals surface area contributed by atoms with Crippen LogP contribution in [-0.4, -0.2) is 23.6 Å². The Labute approximate surface area is 111 Å². The molecule has 0 radical (unpaired) electrons. The van der Waals surface area contributed by atoms with Crippen molar-refractivity contribution in [3.63, 3.8) is 0 Å². The van der Waals surface area contributed by atoms with Gasteiger partial charge in [-0.15, -0.1) is 0 Å². The van der Waals surface area contributed by atoms with Gasteiger partial charge in [-0.1, -0.05) is 19.9 Å². The largest absolute Gasteiger partial charge is 0.496 e. The van der Waals surface area contributed by atoms with Gasteiger partial charge >= 0.3 is 0 Å².